The summed E-state index contributed by atoms with van der Waals surface area (Å²) >= 11 is 0. The van der Waals surface area contributed by atoms with Gasteiger partial charge in [-0.15, -0.1) is 0 Å². The van der Waals surface area contributed by atoms with Crippen molar-refractivity contribution in [3.8, 4) is 0 Å². The van der Waals surface area contributed by atoms with Crippen LogP contribution in [0.1, 0.15) is 175 Å². The molecule has 0 aromatic carbocycles. The smallest absolute Gasteiger partial charge is 0.462 e. The second-order valence-corrected chi connectivity index (χ2v) is 19.1. The number of hydrogen-bond acceptors (Lipinski definition) is 10. The number of carbonyl (C=O) groups excluding carboxylic acids is 3. The van der Waals surface area contributed by atoms with E-state index in [1.807, 2.05) is 30.4 Å². The summed E-state index contributed by atoms with van der Waals surface area (Å²) in [4.78, 5) is 48.4. The van der Waals surface area contributed by atoms with E-state index < -0.39 is 64.4 Å². The van der Waals surface area contributed by atoms with E-state index in [4.69, 9.17) is 23.3 Å². The molecule has 0 aliphatic heterocycles. The molecule has 424 valence electrons. The van der Waals surface area contributed by atoms with Gasteiger partial charge in [0.15, 0.2) is 6.10 Å². The summed E-state index contributed by atoms with van der Waals surface area (Å²) in [7, 11) is -4.81. The summed E-state index contributed by atoms with van der Waals surface area (Å²) in [5, 5.41) is 9.81. The van der Waals surface area contributed by atoms with Crippen LogP contribution in [-0.2, 0) is 42.2 Å². The van der Waals surface area contributed by atoms with Gasteiger partial charge >= 0.3 is 25.7 Å². The molecule has 0 bridgehead atoms. The lowest BCUT2D eigenvalue weighted by molar-refractivity contribution is -0.160. The average Bonchev–Trinajstić information content (AvgIpc) is 3.41. The molecule has 11 nitrogen and oxygen atoms in total. The van der Waals surface area contributed by atoms with Gasteiger partial charge in [-0.1, -0.05) is 210 Å². The average molecular weight is 1070 g/mol. The van der Waals surface area contributed by atoms with E-state index in [0.29, 0.717) is 19.3 Å². The molecule has 76 heavy (non-hydrogen) atoms. The minimum absolute atomic E-state index is 0.0703. The predicted molar refractivity (Wildman–Crippen MR) is 315 cm³/mol. The molecule has 0 aliphatic carbocycles. The third-order valence-electron chi connectivity index (χ3n) is 10.7. The zero-order valence-corrected chi connectivity index (χ0v) is 47.5. The molecule has 0 aromatic rings. The fourth-order valence-corrected chi connectivity index (χ4v) is 7.31. The Morgan fingerprint density at radius 3 is 1.14 bits per heavy atom. The molecule has 0 saturated heterocycles. The van der Waals surface area contributed by atoms with Crippen LogP contribution in [-0.4, -0.2) is 66.5 Å². The van der Waals surface area contributed by atoms with Crippen LogP contribution in [0.15, 0.2) is 170 Å². The fraction of sp³-hybridized carbons (Fsp3) is 0.516. The zero-order valence-electron chi connectivity index (χ0n) is 46.6. The number of hydrogen-bond donors (Lipinski definition) is 2. The Bertz CT molecular complexity index is 1920. The lowest BCUT2D eigenvalue weighted by Gasteiger charge is -2.21. The Hall–Kier alpha value is -5.16. The quantitative estimate of drug-likeness (QED) is 0.0197. The van der Waals surface area contributed by atoms with Gasteiger partial charge in [-0.25, -0.2) is 4.57 Å². The number of phosphoric ester groups is 1. The Balaban J connectivity index is 4.97. The molecule has 0 amide bonds. The molecule has 0 saturated carbocycles. The van der Waals surface area contributed by atoms with Gasteiger partial charge < -0.3 is 24.2 Å². The van der Waals surface area contributed by atoms with Crippen LogP contribution in [0.5, 0.6) is 0 Å². The standard InChI is InChI=1S/C64H97O11P/c1-4-7-10-13-16-19-22-25-28-29-30-31-34-35-38-41-44-47-50-53-62(66)71-57-61(75-64(68)55-52-49-46-43-40-37-33-27-24-21-18-15-12-9-6-3)59-73-76(69,70)72-58-60(56-65)74-63(67)54-51-48-45-42-39-36-32-26-23-20-17-14-11-8-5-2/h7-12,16-21,25-28,30-33,35,38,40,43-44,47,49,52,60-61,65H,4-6,13-15,22-24,29,34,36-37,39,41-42,45-46,48,50-51,53-59H2,1-3H3,(H,69,70)/b10-7-,11-8-,12-9-,19-16-,20-17-,21-18-,28-25-,31-30-,32-26-,33-27-,38-35-,43-40-,47-44-,52-49-. The largest absolute Gasteiger partial charge is 0.472 e. The second kappa shape index (κ2) is 56.1. The van der Waals surface area contributed by atoms with E-state index in [9.17, 15) is 28.9 Å². The van der Waals surface area contributed by atoms with Gasteiger partial charge in [-0.05, 0) is 116 Å². The van der Waals surface area contributed by atoms with Crippen molar-refractivity contribution in [1.82, 2.24) is 0 Å². The van der Waals surface area contributed by atoms with E-state index in [0.717, 1.165) is 116 Å². The van der Waals surface area contributed by atoms with Crippen LogP contribution < -0.4 is 0 Å². The van der Waals surface area contributed by atoms with Gasteiger partial charge in [0, 0.05) is 12.8 Å². The molecular weight excluding hydrogens is 976 g/mol. The number of rotatable bonds is 49. The van der Waals surface area contributed by atoms with Crippen LogP contribution in [0.25, 0.3) is 0 Å². The summed E-state index contributed by atoms with van der Waals surface area (Å²) in [6.07, 6.45) is 75.0. The highest BCUT2D eigenvalue weighted by molar-refractivity contribution is 7.47. The van der Waals surface area contributed by atoms with E-state index in [2.05, 4.69) is 154 Å². The van der Waals surface area contributed by atoms with Gasteiger partial charge in [-0.3, -0.25) is 23.4 Å². The first-order chi connectivity index (χ1) is 37.2. The van der Waals surface area contributed by atoms with Crippen LogP contribution in [0, 0.1) is 0 Å². The van der Waals surface area contributed by atoms with Crippen LogP contribution in [0.3, 0.4) is 0 Å². The normalized spacial score (nSPS) is 14.6. The SMILES string of the molecule is CC/C=C\C/C=C\C/C=C\C/C=C\C/C=C\C/C=C\CCC(=O)OCC(COP(=O)(O)OCC(CO)OC(=O)CCCCCCC/C=C\C/C=C\C/C=C\CC)OC(=O)C/C=C\C/C=C\C/C=C\C/C=C\C/C=C\CC. The first-order valence-corrected chi connectivity index (χ1v) is 29.5. The van der Waals surface area contributed by atoms with Crippen molar-refractivity contribution < 1.29 is 52.2 Å². The van der Waals surface area contributed by atoms with E-state index in [1.54, 1.807) is 6.08 Å². The lowest BCUT2D eigenvalue weighted by Crippen LogP contribution is -2.30. The van der Waals surface area contributed by atoms with E-state index >= 15 is 0 Å². The Kier molecular flexibility index (Phi) is 52.2. The summed E-state index contributed by atoms with van der Waals surface area (Å²) in [5.41, 5.74) is 0. The van der Waals surface area contributed by atoms with Gasteiger partial charge in [0.05, 0.1) is 26.2 Å². The molecule has 2 N–H and O–H groups in total. The molecule has 0 rings (SSSR count). The van der Waals surface area contributed by atoms with Crippen molar-refractivity contribution in [1.29, 1.82) is 0 Å². The van der Waals surface area contributed by atoms with Crippen LogP contribution in [0.2, 0.25) is 0 Å². The summed E-state index contributed by atoms with van der Waals surface area (Å²) < 4.78 is 39.2. The fourth-order valence-electron chi connectivity index (χ4n) is 6.53. The number of aliphatic hydroxyl groups is 1. The highest BCUT2D eigenvalue weighted by Gasteiger charge is 2.28. The van der Waals surface area contributed by atoms with Crippen molar-refractivity contribution in [3.63, 3.8) is 0 Å². The minimum Gasteiger partial charge on any atom is -0.462 e. The number of unbranched alkanes of at least 4 members (excludes halogenated alkanes) is 5. The first-order valence-electron chi connectivity index (χ1n) is 28.0. The molecule has 3 atom stereocenters. The number of aliphatic hydroxyl groups excluding tert-OH is 1. The van der Waals surface area contributed by atoms with Crippen molar-refractivity contribution in [2.75, 3.05) is 26.4 Å². The van der Waals surface area contributed by atoms with Crippen molar-refractivity contribution >= 4 is 25.7 Å². The first kappa shape index (κ1) is 70.8. The Morgan fingerprint density at radius 2 is 0.724 bits per heavy atom. The molecule has 0 spiro atoms. The van der Waals surface area contributed by atoms with Gasteiger partial charge in [0.1, 0.15) is 12.7 Å². The molecule has 0 aromatic heterocycles. The van der Waals surface area contributed by atoms with Crippen molar-refractivity contribution in [2.45, 2.75) is 187 Å². The maximum absolute atomic E-state index is 12.9. The van der Waals surface area contributed by atoms with Gasteiger partial charge in [0.2, 0.25) is 0 Å². The number of phosphoric acid groups is 1. The number of carbonyl (C=O) groups is 3. The highest BCUT2D eigenvalue weighted by atomic mass is 31.2. The number of allylic oxidation sites excluding steroid dienone is 27. The lowest BCUT2D eigenvalue weighted by atomic mass is 10.1. The summed E-state index contributed by atoms with van der Waals surface area (Å²) in [6.45, 7) is 4.05. The molecule has 0 fully saturated rings. The predicted octanol–water partition coefficient (Wildman–Crippen LogP) is 16.7. The molecule has 12 heteroatoms. The molecule has 0 radical (unpaired) electrons. The molecule has 3 unspecified atom stereocenters. The third kappa shape index (κ3) is 53.7. The monoisotopic (exact) mass is 1070 g/mol. The topological polar surface area (TPSA) is 155 Å². The maximum Gasteiger partial charge on any atom is 0.472 e. The van der Waals surface area contributed by atoms with E-state index in [1.165, 1.54) is 0 Å². The summed E-state index contributed by atoms with van der Waals surface area (Å²) in [6, 6.07) is 0. The Morgan fingerprint density at radius 1 is 0.382 bits per heavy atom. The van der Waals surface area contributed by atoms with Crippen molar-refractivity contribution in [2.24, 2.45) is 0 Å². The molecule has 0 aliphatic rings. The summed E-state index contributed by atoms with van der Waals surface area (Å²) in [5.74, 6) is -1.76. The van der Waals surface area contributed by atoms with Gasteiger partial charge in [0.25, 0.3) is 0 Å². The third-order valence-corrected chi connectivity index (χ3v) is 11.6. The van der Waals surface area contributed by atoms with Crippen LogP contribution in [0.4, 0.5) is 0 Å². The Labute approximate surface area is 459 Å². The number of ether oxygens (including phenoxy) is 3. The highest BCUT2D eigenvalue weighted by Crippen LogP contribution is 2.43. The van der Waals surface area contributed by atoms with E-state index in [-0.39, 0.29) is 19.3 Å². The minimum atomic E-state index is -4.81. The van der Waals surface area contributed by atoms with Crippen LogP contribution >= 0.6 is 7.82 Å². The second-order valence-electron chi connectivity index (χ2n) is 17.6. The maximum atomic E-state index is 12.9. The molecular formula is C64H97O11P. The zero-order chi connectivity index (χ0) is 55.5. The van der Waals surface area contributed by atoms with Gasteiger partial charge in [-0.2, -0.15) is 0 Å². The molecule has 0 heterocycles. The van der Waals surface area contributed by atoms with Crippen molar-refractivity contribution in [3.05, 3.63) is 170 Å². The number of esters is 3.